The molecule has 0 aliphatic rings. The van der Waals surface area contributed by atoms with E-state index in [1.165, 1.54) is 0 Å². The van der Waals surface area contributed by atoms with Crippen molar-refractivity contribution in [1.82, 2.24) is 5.16 Å². The van der Waals surface area contributed by atoms with Gasteiger partial charge in [0.25, 0.3) is 0 Å². The molecule has 0 saturated carbocycles. The molecule has 0 aliphatic heterocycles. The van der Waals surface area contributed by atoms with Crippen LogP contribution in [-0.4, -0.2) is 23.2 Å². The van der Waals surface area contributed by atoms with Crippen molar-refractivity contribution in [3.05, 3.63) is 17.0 Å². The van der Waals surface area contributed by atoms with E-state index in [1.807, 2.05) is 0 Å². The second-order valence-electron chi connectivity index (χ2n) is 2.92. The maximum atomic E-state index is 11.5. The lowest BCUT2D eigenvalue weighted by Crippen LogP contribution is -2.09. The molecule has 0 amide bonds. The fraction of sp³-hybridized carbons (Fsp3) is 0.400. The van der Waals surface area contributed by atoms with E-state index in [1.54, 1.807) is 26.0 Å². The van der Waals surface area contributed by atoms with Gasteiger partial charge in [0.15, 0.2) is 11.7 Å². The van der Waals surface area contributed by atoms with Crippen LogP contribution < -0.4 is 0 Å². The molecule has 1 aromatic rings. The third kappa shape index (κ3) is 2.80. The maximum absolute atomic E-state index is 11.5. The summed E-state index contributed by atoms with van der Waals surface area (Å²) < 4.78 is 9.60. The Morgan fingerprint density at radius 1 is 1.53 bits per heavy atom. The molecule has 0 fully saturated rings. The second kappa shape index (κ2) is 6.26. The number of hydrogen-bond acceptors (Lipinski definition) is 6. The van der Waals surface area contributed by atoms with Crippen LogP contribution in [-0.2, 0) is 4.74 Å². The van der Waals surface area contributed by atoms with E-state index in [0.717, 1.165) is 0 Å². The number of hydrogen-bond donors (Lipinski definition) is 0. The smallest absolute Gasteiger partial charge is 0.343 e. The highest BCUT2D eigenvalue weighted by atomic mass is 16.5. The highest BCUT2D eigenvalue weighted by molar-refractivity contribution is 5.92. The Morgan fingerprint density at radius 3 is 2.59 bits per heavy atom. The average Bonchev–Trinajstić information content (AvgIpc) is 2.63. The summed E-state index contributed by atoms with van der Waals surface area (Å²) in [4.78, 5) is 11.5. The van der Waals surface area contributed by atoms with E-state index in [2.05, 4.69) is 5.16 Å². The predicted molar refractivity (Wildman–Crippen MR) is 54.8 cm³/mol. The van der Waals surface area contributed by atoms with E-state index in [-0.39, 0.29) is 23.4 Å². The zero-order valence-corrected chi connectivity index (χ0v) is 9.35. The zero-order valence-electron chi connectivity index (χ0n) is 9.35. The quantitative estimate of drug-likeness (QED) is 0.701. The van der Waals surface area contributed by atoms with Crippen molar-refractivity contribution in [3.8, 4) is 12.1 Å². The Labute approximate surface area is 97.5 Å². The molecule has 0 spiro atoms. The normalized spacial score (nSPS) is 9.00. The van der Waals surface area contributed by atoms with Crippen LogP contribution in [0.25, 0.3) is 0 Å². The number of aromatic nitrogens is 1. The SMILES string of the molecule is CCOC(=O)c1c(C)noc1C(C#N)C#N.O. The van der Waals surface area contributed by atoms with Crippen LogP contribution in [0.5, 0.6) is 0 Å². The third-order valence-electron chi connectivity index (χ3n) is 1.89. The summed E-state index contributed by atoms with van der Waals surface area (Å²) in [5.41, 5.74) is 0.374. The number of ether oxygens (including phenoxy) is 1. The summed E-state index contributed by atoms with van der Waals surface area (Å²) in [6.45, 7) is 3.41. The molecule has 1 rings (SSSR count). The van der Waals surface area contributed by atoms with Crippen LogP contribution in [0.2, 0.25) is 0 Å². The Morgan fingerprint density at radius 2 is 2.12 bits per heavy atom. The first kappa shape index (κ1) is 14.6. The summed E-state index contributed by atoms with van der Waals surface area (Å²) in [5, 5.41) is 21.0. The minimum atomic E-state index is -1.15. The van der Waals surface area contributed by atoms with E-state index >= 15 is 0 Å². The molecule has 17 heavy (non-hydrogen) atoms. The van der Waals surface area contributed by atoms with Crippen LogP contribution in [0.3, 0.4) is 0 Å². The largest absolute Gasteiger partial charge is 0.462 e. The zero-order chi connectivity index (χ0) is 12.1. The molecular formula is C10H11N3O4. The van der Waals surface area contributed by atoms with E-state index in [0.29, 0.717) is 5.69 Å². The summed E-state index contributed by atoms with van der Waals surface area (Å²) in [6, 6.07) is 3.43. The van der Waals surface area contributed by atoms with Gasteiger partial charge < -0.3 is 14.7 Å². The first-order valence-electron chi connectivity index (χ1n) is 4.58. The molecule has 0 bridgehead atoms. The fourth-order valence-electron chi connectivity index (χ4n) is 1.18. The standard InChI is InChI=1S/C10H9N3O3.H2O/c1-3-15-10(14)8-6(2)13-16-9(8)7(4-11)5-12;/h7H,3H2,1-2H3;1H2. The second-order valence-corrected chi connectivity index (χ2v) is 2.92. The van der Waals surface area contributed by atoms with Gasteiger partial charge in [-0.05, 0) is 13.8 Å². The number of carbonyl (C=O) groups is 1. The molecule has 0 aliphatic carbocycles. The minimum absolute atomic E-state index is 0. The number of nitriles is 2. The van der Waals surface area contributed by atoms with Gasteiger partial charge in [0.1, 0.15) is 5.56 Å². The topological polar surface area (TPSA) is 131 Å². The van der Waals surface area contributed by atoms with E-state index in [4.69, 9.17) is 19.8 Å². The number of nitrogens with zero attached hydrogens (tertiary/aromatic N) is 3. The van der Waals surface area contributed by atoms with Gasteiger partial charge >= 0.3 is 5.97 Å². The first-order valence-corrected chi connectivity index (χ1v) is 4.58. The van der Waals surface area contributed by atoms with Crippen molar-refractivity contribution < 1.29 is 19.5 Å². The summed E-state index contributed by atoms with van der Waals surface area (Å²) in [6.07, 6.45) is 0. The van der Waals surface area contributed by atoms with Gasteiger partial charge in [0, 0.05) is 0 Å². The van der Waals surface area contributed by atoms with E-state index < -0.39 is 11.9 Å². The van der Waals surface area contributed by atoms with E-state index in [9.17, 15) is 4.79 Å². The molecular weight excluding hydrogens is 226 g/mol. The van der Waals surface area contributed by atoms with Crippen LogP contribution in [0.15, 0.2) is 4.52 Å². The highest BCUT2D eigenvalue weighted by Crippen LogP contribution is 2.22. The van der Waals surface area contributed by atoms with Crippen molar-refractivity contribution in [2.45, 2.75) is 19.8 Å². The van der Waals surface area contributed by atoms with Gasteiger partial charge in [0.05, 0.1) is 24.4 Å². The van der Waals surface area contributed by atoms with Crippen molar-refractivity contribution in [2.24, 2.45) is 0 Å². The molecule has 2 N–H and O–H groups in total. The van der Waals surface area contributed by atoms with Crippen molar-refractivity contribution in [2.75, 3.05) is 6.61 Å². The van der Waals surface area contributed by atoms with Crippen molar-refractivity contribution in [3.63, 3.8) is 0 Å². The Hall–Kier alpha value is -2.38. The summed E-state index contributed by atoms with van der Waals surface area (Å²) in [5.74, 6) is -1.84. The molecule has 0 radical (unpaired) electrons. The fourth-order valence-corrected chi connectivity index (χ4v) is 1.18. The van der Waals surface area contributed by atoms with Gasteiger partial charge in [-0.1, -0.05) is 5.16 Å². The Bertz CT molecular complexity index is 467. The highest BCUT2D eigenvalue weighted by Gasteiger charge is 2.27. The van der Waals surface area contributed by atoms with Gasteiger partial charge in [-0.3, -0.25) is 0 Å². The number of aryl methyl sites for hydroxylation is 1. The lowest BCUT2D eigenvalue weighted by molar-refractivity contribution is 0.0523. The third-order valence-corrected chi connectivity index (χ3v) is 1.89. The molecule has 0 unspecified atom stereocenters. The van der Waals surface area contributed by atoms with Gasteiger partial charge in [-0.25, -0.2) is 4.79 Å². The summed E-state index contributed by atoms with van der Waals surface area (Å²) >= 11 is 0. The molecule has 1 aromatic heterocycles. The molecule has 7 nitrogen and oxygen atoms in total. The number of carbonyl (C=O) groups excluding carboxylic acids is 1. The maximum Gasteiger partial charge on any atom is 0.343 e. The van der Waals surface area contributed by atoms with Gasteiger partial charge in [0.2, 0.25) is 0 Å². The number of rotatable bonds is 3. The lowest BCUT2D eigenvalue weighted by atomic mass is 10.0. The first-order chi connectivity index (χ1) is 7.65. The molecule has 0 atom stereocenters. The number of esters is 1. The molecule has 7 heteroatoms. The van der Waals surface area contributed by atoms with Crippen molar-refractivity contribution in [1.29, 1.82) is 10.5 Å². The summed E-state index contributed by atoms with van der Waals surface area (Å²) in [7, 11) is 0. The van der Waals surface area contributed by atoms with Crippen LogP contribution >= 0.6 is 0 Å². The predicted octanol–water partition coefficient (Wildman–Crippen LogP) is 0.466. The Kier molecular flexibility index (Phi) is 5.38. The minimum Gasteiger partial charge on any atom is -0.462 e. The molecule has 90 valence electrons. The van der Waals surface area contributed by atoms with Gasteiger partial charge in [-0.2, -0.15) is 10.5 Å². The van der Waals surface area contributed by atoms with Crippen LogP contribution in [0.4, 0.5) is 0 Å². The molecule has 0 aromatic carbocycles. The van der Waals surface area contributed by atoms with Gasteiger partial charge in [-0.15, -0.1) is 0 Å². The lowest BCUT2D eigenvalue weighted by Gasteiger charge is -2.01. The van der Waals surface area contributed by atoms with Crippen LogP contribution in [0.1, 0.15) is 34.7 Å². The molecule has 1 heterocycles. The molecule has 0 saturated heterocycles. The van der Waals surface area contributed by atoms with Crippen molar-refractivity contribution >= 4 is 5.97 Å². The monoisotopic (exact) mass is 237 g/mol. The van der Waals surface area contributed by atoms with Crippen LogP contribution in [0, 0.1) is 29.6 Å². The average molecular weight is 237 g/mol. The Balaban J connectivity index is 0.00000256.